The Kier molecular flexibility index (Phi) is 2.56. The Morgan fingerprint density at radius 3 is 2.38 bits per heavy atom. The van der Waals surface area contributed by atoms with E-state index in [0.29, 0.717) is 6.07 Å². The monoisotopic (exact) mass is 184 g/mol. The van der Waals surface area contributed by atoms with Crippen LogP contribution in [-0.4, -0.2) is 0 Å². The van der Waals surface area contributed by atoms with Gasteiger partial charge < -0.3 is 0 Å². The van der Waals surface area contributed by atoms with Crippen LogP contribution in [0.4, 0.5) is 13.2 Å². The lowest BCUT2D eigenvalue weighted by atomic mass is 10.1. The Balaban J connectivity index is 3.47. The van der Waals surface area contributed by atoms with E-state index in [1.165, 1.54) is 6.08 Å². The molecule has 0 spiro atoms. The van der Waals surface area contributed by atoms with E-state index in [4.69, 9.17) is 0 Å². The number of rotatable bonds is 2. The first-order valence-electron chi connectivity index (χ1n) is 3.52. The zero-order valence-electron chi connectivity index (χ0n) is 6.78. The Morgan fingerprint density at radius 2 is 1.92 bits per heavy atom. The van der Waals surface area contributed by atoms with E-state index in [1.807, 2.05) is 0 Å². The van der Waals surface area contributed by atoms with E-state index in [0.717, 1.165) is 6.07 Å². The van der Waals surface area contributed by atoms with E-state index >= 15 is 0 Å². The molecule has 0 nitrogen and oxygen atoms in total. The maximum atomic E-state index is 13.0. The van der Waals surface area contributed by atoms with Gasteiger partial charge in [0.15, 0.2) is 0 Å². The van der Waals surface area contributed by atoms with Crippen LogP contribution in [0, 0.1) is 11.6 Å². The summed E-state index contributed by atoms with van der Waals surface area (Å²) in [5.74, 6) is -2.67. The lowest BCUT2D eigenvalue weighted by Crippen LogP contribution is -1.92. The summed E-state index contributed by atoms with van der Waals surface area (Å²) in [4.78, 5) is 0. The second-order valence-corrected chi connectivity index (χ2v) is 2.46. The molecule has 0 atom stereocenters. The second-order valence-electron chi connectivity index (χ2n) is 2.46. The van der Waals surface area contributed by atoms with Crippen molar-refractivity contribution in [2.45, 2.75) is 0 Å². The molecular weight excluding hydrogens is 177 g/mol. The third kappa shape index (κ3) is 1.80. The molecular formula is C10H7F3. The largest absolute Gasteiger partial charge is 0.207 e. The van der Waals surface area contributed by atoms with Gasteiger partial charge in [-0.15, -0.1) is 0 Å². The molecule has 0 aliphatic carbocycles. The van der Waals surface area contributed by atoms with Crippen LogP contribution in [-0.2, 0) is 0 Å². The molecule has 13 heavy (non-hydrogen) atoms. The van der Waals surface area contributed by atoms with Crippen molar-refractivity contribution in [3.63, 3.8) is 0 Å². The summed E-state index contributed by atoms with van der Waals surface area (Å²) in [5.41, 5.74) is -0.276. The van der Waals surface area contributed by atoms with Crippen LogP contribution in [0.25, 0.3) is 11.9 Å². The van der Waals surface area contributed by atoms with Gasteiger partial charge in [-0.2, -0.15) is 0 Å². The molecule has 68 valence electrons. The van der Waals surface area contributed by atoms with Gasteiger partial charge in [0, 0.05) is 6.07 Å². The summed E-state index contributed by atoms with van der Waals surface area (Å²) in [6, 6.07) is 1.60. The first kappa shape index (κ1) is 9.58. The molecule has 0 saturated carbocycles. The minimum Gasteiger partial charge on any atom is -0.207 e. The highest BCUT2D eigenvalue weighted by atomic mass is 19.1. The maximum absolute atomic E-state index is 13.0. The summed E-state index contributed by atoms with van der Waals surface area (Å²) < 4.78 is 38.2. The molecule has 0 heterocycles. The molecule has 0 fully saturated rings. The number of hydrogen-bond donors (Lipinski definition) is 0. The normalized spacial score (nSPS) is 9.77. The van der Waals surface area contributed by atoms with Crippen molar-refractivity contribution in [2.75, 3.05) is 0 Å². The zero-order chi connectivity index (χ0) is 10.0. The highest BCUT2D eigenvalue weighted by Gasteiger charge is 2.11. The van der Waals surface area contributed by atoms with Gasteiger partial charge in [-0.1, -0.05) is 19.2 Å². The van der Waals surface area contributed by atoms with Crippen LogP contribution in [0.15, 0.2) is 25.3 Å². The first-order chi connectivity index (χ1) is 6.06. The molecule has 0 bridgehead atoms. The molecule has 1 rings (SSSR count). The minimum absolute atomic E-state index is 0.0602. The zero-order valence-corrected chi connectivity index (χ0v) is 6.78. The quantitative estimate of drug-likeness (QED) is 0.659. The topological polar surface area (TPSA) is 0 Å². The van der Waals surface area contributed by atoms with Crippen molar-refractivity contribution >= 4 is 11.9 Å². The molecule has 0 saturated heterocycles. The molecule has 0 aromatic heterocycles. The van der Waals surface area contributed by atoms with Crippen molar-refractivity contribution in [3.8, 4) is 0 Å². The predicted octanol–water partition coefficient (Wildman–Crippen LogP) is 3.55. The molecule has 0 unspecified atom stereocenters. The van der Waals surface area contributed by atoms with Gasteiger partial charge in [-0.25, -0.2) is 13.2 Å². The van der Waals surface area contributed by atoms with Gasteiger partial charge in [0.05, 0.1) is 5.56 Å². The molecule has 1 aromatic rings. The van der Waals surface area contributed by atoms with Gasteiger partial charge in [0.2, 0.25) is 0 Å². The smallest absolute Gasteiger partial charge is 0.136 e. The summed E-state index contributed by atoms with van der Waals surface area (Å²) in [7, 11) is 0. The van der Waals surface area contributed by atoms with Crippen molar-refractivity contribution in [1.29, 1.82) is 0 Å². The molecule has 0 amide bonds. The van der Waals surface area contributed by atoms with Crippen LogP contribution in [0.5, 0.6) is 0 Å². The van der Waals surface area contributed by atoms with Crippen molar-refractivity contribution in [2.24, 2.45) is 0 Å². The van der Waals surface area contributed by atoms with Crippen LogP contribution < -0.4 is 0 Å². The van der Waals surface area contributed by atoms with E-state index in [1.54, 1.807) is 0 Å². The van der Waals surface area contributed by atoms with Crippen LogP contribution in [0.1, 0.15) is 11.1 Å². The number of benzene rings is 1. The van der Waals surface area contributed by atoms with E-state index in [9.17, 15) is 13.2 Å². The van der Waals surface area contributed by atoms with Crippen molar-refractivity contribution < 1.29 is 13.2 Å². The molecule has 0 aliphatic heterocycles. The molecule has 0 aliphatic rings. The van der Waals surface area contributed by atoms with Crippen LogP contribution in [0.3, 0.4) is 0 Å². The van der Waals surface area contributed by atoms with E-state index in [-0.39, 0.29) is 11.1 Å². The highest BCUT2D eigenvalue weighted by Crippen LogP contribution is 2.24. The van der Waals surface area contributed by atoms with Crippen molar-refractivity contribution in [1.82, 2.24) is 0 Å². The Hall–Kier alpha value is -1.51. The highest BCUT2D eigenvalue weighted by molar-refractivity contribution is 5.69. The van der Waals surface area contributed by atoms with Crippen LogP contribution in [0.2, 0.25) is 0 Å². The summed E-state index contributed by atoms with van der Waals surface area (Å²) >= 11 is 0. The fourth-order valence-electron chi connectivity index (χ4n) is 1.04. The predicted molar refractivity (Wildman–Crippen MR) is 46.6 cm³/mol. The SMILES string of the molecule is C=Cc1cc(F)cc(F)c1C(=C)F. The third-order valence-electron chi connectivity index (χ3n) is 1.58. The minimum atomic E-state index is -0.970. The average Bonchev–Trinajstić information content (AvgIpc) is 2.01. The van der Waals surface area contributed by atoms with E-state index < -0.39 is 17.5 Å². The van der Waals surface area contributed by atoms with E-state index in [2.05, 4.69) is 13.2 Å². The summed E-state index contributed by atoms with van der Waals surface area (Å²) in [6.45, 7) is 6.26. The second kappa shape index (κ2) is 3.47. The Labute approximate surface area is 74.0 Å². The lowest BCUT2D eigenvalue weighted by Gasteiger charge is -2.04. The summed E-state index contributed by atoms with van der Waals surface area (Å²) in [6.07, 6.45) is 1.17. The van der Waals surface area contributed by atoms with Gasteiger partial charge in [0.25, 0.3) is 0 Å². The van der Waals surface area contributed by atoms with Gasteiger partial charge in [0.1, 0.15) is 17.5 Å². The lowest BCUT2D eigenvalue weighted by molar-refractivity contribution is 0.576. The standard InChI is InChI=1S/C10H7F3/c1-3-7-4-8(12)5-9(13)10(7)6(2)11/h3-5H,1-2H2. The molecule has 0 radical (unpaired) electrons. The van der Waals surface area contributed by atoms with Gasteiger partial charge >= 0.3 is 0 Å². The van der Waals surface area contributed by atoms with Gasteiger partial charge in [-0.05, 0) is 11.6 Å². The average molecular weight is 184 g/mol. The fourth-order valence-corrected chi connectivity index (χ4v) is 1.04. The number of hydrogen-bond acceptors (Lipinski definition) is 0. The first-order valence-corrected chi connectivity index (χ1v) is 3.52. The van der Waals surface area contributed by atoms with Crippen LogP contribution >= 0.6 is 0 Å². The molecule has 1 aromatic carbocycles. The Bertz CT molecular complexity index is 367. The third-order valence-corrected chi connectivity index (χ3v) is 1.58. The summed E-state index contributed by atoms with van der Waals surface area (Å²) in [5, 5.41) is 0. The van der Waals surface area contributed by atoms with Crippen molar-refractivity contribution in [3.05, 3.63) is 48.1 Å². The van der Waals surface area contributed by atoms with Gasteiger partial charge in [-0.3, -0.25) is 0 Å². The fraction of sp³-hybridized carbons (Fsp3) is 0. The molecule has 3 heteroatoms. The maximum Gasteiger partial charge on any atom is 0.136 e. The number of halogens is 3. The molecule has 0 N–H and O–H groups in total. The Morgan fingerprint density at radius 1 is 1.31 bits per heavy atom.